The van der Waals surface area contributed by atoms with Gasteiger partial charge in [-0.2, -0.15) is 0 Å². The van der Waals surface area contributed by atoms with Gasteiger partial charge in [-0.15, -0.1) is 0 Å². The minimum Gasteiger partial charge on any atom is -0.316 e. The first-order chi connectivity index (χ1) is 8.99. The molecule has 2 rings (SSSR count). The number of aryl methyl sites for hydroxylation is 1. The van der Waals surface area contributed by atoms with Crippen LogP contribution in [0.5, 0.6) is 0 Å². The molecule has 0 aliphatic carbocycles. The summed E-state index contributed by atoms with van der Waals surface area (Å²) in [7, 11) is -3.38. The number of hydrogen-bond donors (Lipinski definition) is 2. The van der Waals surface area contributed by atoms with Gasteiger partial charge in [0, 0.05) is 6.54 Å². The van der Waals surface area contributed by atoms with E-state index in [1.807, 2.05) is 13.0 Å². The summed E-state index contributed by atoms with van der Waals surface area (Å²) in [5.41, 5.74) is 0.957. The third-order valence-corrected chi connectivity index (χ3v) is 5.22. The Labute approximate surface area is 115 Å². The van der Waals surface area contributed by atoms with Crippen molar-refractivity contribution in [2.75, 3.05) is 19.6 Å². The molecule has 0 bridgehead atoms. The lowest BCUT2D eigenvalue weighted by Gasteiger charge is -2.29. The molecular formula is C14H22N2O2S. The Kier molecular flexibility index (Phi) is 4.60. The topological polar surface area (TPSA) is 58.2 Å². The highest BCUT2D eigenvalue weighted by Gasteiger charge is 2.23. The normalized spacial score (nSPS) is 24.3. The van der Waals surface area contributed by atoms with Crippen molar-refractivity contribution in [1.82, 2.24) is 10.0 Å². The molecule has 2 atom stereocenters. The van der Waals surface area contributed by atoms with Crippen LogP contribution >= 0.6 is 0 Å². The summed E-state index contributed by atoms with van der Waals surface area (Å²) in [4.78, 5) is 0.356. The first-order valence-electron chi connectivity index (χ1n) is 6.76. The lowest BCUT2D eigenvalue weighted by molar-refractivity contribution is 0.274. The van der Waals surface area contributed by atoms with Gasteiger partial charge >= 0.3 is 0 Å². The van der Waals surface area contributed by atoms with Gasteiger partial charge in [0.2, 0.25) is 10.0 Å². The van der Waals surface area contributed by atoms with Crippen molar-refractivity contribution >= 4 is 10.0 Å². The third kappa shape index (κ3) is 3.78. The van der Waals surface area contributed by atoms with Crippen molar-refractivity contribution in [2.24, 2.45) is 11.8 Å². The van der Waals surface area contributed by atoms with Gasteiger partial charge in [0.15, 0.2) is 0 Å². The standard InChI is InChI=1S/C14H22N2O2S/c1-11-4-3-5-14(8-11)19(17,18)16-10-13-6-7-15-9-12(13)2/h3-5,8,12-13,15-16H,6-7,9-10H2,1-2H3. The van der Waals surface area contributed by atoms with Crippen LogP contribution in [0.3, 0.4) is 0 Å². The van der Waals surface area contributed by atoms with Crippen molar-refractivity contribution in [3.8, 4) is 0 Å². The maximum atomic E-state index is 12.2. The zero-order valence-electron chi connectivity index (χ0n) is 11.5. The van der Waals surface area contributed by atoms with Gasteiger partial charge in [-0.05, 0) is 56.0 Å². The summed E-state index contributed by atoms with van der Waals surface area (Å²) in [5.74, 6) is 0.926. The monoisotopic (exact) mass is 282 g/mol. The van der Waals surface area contributed by atoms with E-state index < -0.39 is 10.0 Å². The molecule has 0 spiro atoms. The minimum atomic E-state index is -3.38. The summed E-state index contributed by atoms with van der Waals surface area (Å²) in [6, 6.07) is 7.01. The molecule has 1 heterocycles. The van der Waals surface area contributed by atoms with E-state index in [1.165, 1.54) is 0 Å². The average molecular weight is 282 g/mol. The number of sulfonamides is 1. The number of piperidine rings is 1. The van der Waals surface area contributed by atoms with Crippen LogP contribution in [0.15, 0.2) is 29.2 Å². The fraction of sp³-hybridized carbons (Fsp3) is 0.571. The SMILES string of the molecule is Cc1cccc(S(=O)(=O)NCC2CCNCC2C)c1. The predicted octanol–water partition coefficient (Wildman–Crippen LogP) is 1.52. The van der Waals surface area contributed by atoms with Crippen LogP contribution in [0.2, 0.25) is 0 Å². The van der Waals surface area contributed by atoms with Crippen molar-refractivity contribution in [1.29, 1.82) is 0 Å². The highest BCUT2D eigenvalue weighted by molar-refractivity contribution is 7.89. The van der Waals surface area contributed by atoms with Crippen LogP contribution in [0, 0.1) is 18.8 Å². The second-order valence-electron chi connectivity index (χ2n) is 5.40. The minimum absolute atomic E-state index is 0.356. The van der Waals surface area contributed by atoms with Gasteiger partial charge in [-0.3, -0.25) is 0 Å². The smallest absolute Gasteiger partial charge is 0.240 e. The van der Waals surface area contributed by atoms with Crippen LogP contribution in [0.4, 0.5) is 0 Å². The van der Waals surface area contributed by atoms with Gasteiger partial charge in [0.05, 0.1) is 4.90 Å². The number of rotatable bonds is 4. The van der Waals surface area contributed by atoms with Crippen LogP contribution in [-0.4, -0.2) is 28.1 Å². The number of benzene rings is 1. The average Bonchev–Trinajstić information content (AvgIpc) is 2.38. The van der Waals surface area contributed by atoms with E-state index in [4.69, 9.17) is 0 Å². The molecule has 2 unspecified atom stereocenters. The van der Waals surface area contributed by atoms with Gasteiger partial charge in [-0.25, -0.2) is 13.1 Å². The molecule has 0 amide bonds. The highest BCUT2D eigenvalue weighted by Crippen LogP contribution is 2.18. The van der Waals surface area contributed by atoms with E-state index in [1.54, 1.807) is 18.2 Å². The van der Waals surface area contributed by atoms with E-state index in [-0.39, 0.29) is 0 Å². The molecule has 2 N–H and O–H groups in total. The third-order valence-electron chi connectivity index (χ3n) is 3.80. The Morgan fingerprint density at radius 2 is 2.21 bits per heavy atom. The quantitative estimate of drug-likeness (QED) is 0.880. The molecule has 1 aromatic rings. The van der Waals surface area contributed by atoms with Crippen molar-refractivity contribution in [3.63, 3.8) is 0 Å². The molecule has 0 radical (unpaired) electrons. The van der Waals surface area contributed by atoms with Gasteiger partial charge in [0.1, 0.15) is 0 Å². The second-order valence-corrected chi connectivity index (χ2v) is 7.17. The van der Waals surface area contributed by atoms with E-state index >= 15 is 0 Å². The summed E-state index contributed by atoms with van der Waals surface area (Å²) < 4.78 is 27.2. The van der Waals surface area contributed by atoms with E-state index in [0.29, 0.717) is 23.3 Å². The fourth-order valence-corrected chi connectivity index (χ4v) is 3.65. The summed E-state index contributed by atoms with van der Waals surface area (Å²) >= 11 is 0. The van der Waals surface area contributed by atoms with E-state index in [0.717, 1.165) is 25.1 Å². The van der Waals surface area contributed by atoms with Gasteiger partial charge < -0.3 is 5.32 Å². The molecule has 4 nitrogen and oxygen atoms in total. The maximum absolute atomic E-state index is 12.2. The molecule has 1 aromatic carbocycles. The predicted molar refractivity (Wildman–Crippen MR) is 76.5 cm³/mol. The van der Waals surface area contributed by atoms with E-state index in [9.17, 15) is 8.42 Å². The zero-order chi connectivity index (χ0) is 13.9. The first-order valence-corrected chi connectivity index (χ1v) is 8.24. The molecule has 1 aliphatic rings. The van der Waals surface area contributed by atoms with Crippen molar-refractivity contribution in [2.45, 2.75) is 25.2 Å². The second kappa shape index (κ2) is 6.03. The molecule has 1 saturated heterocycles. The Hall–Kier alpha value is -0.910. The van der Waals surface area contributed by atoms with E-state index in [2.05, 4.69) is 17.0 Å². The van der Waals surface area contributed by atoms with Crippen molar-refractivity contribution in [3.05, 3.63) is 29.8 Å². The zero-order valence-corrected chi connectivity index (χ0v) is 12.3. The van der Waals surface area contributed by atoms with Crippen LogP contribution < -0.4 is 10.0 Å². The molecule has 5 heteroatoms. The summed E-state index contributed by atoms with van der Waals surface area (Å²) in [6.07, 6.45) is 1.03. The Morgan fingerprint density at radius 3 is 2.89 bits per heavy atom. The molecule has 19 heavy (non-hydrogen) atoms. The first kappa shape index (κ1) is 14.5. The fourth-order valence-electron chi connectivity index (χ4n) is 2.45. The maximum Gasteiger partial charge on any atom is 0.240 e. The molecule has 106 valence electrons. The number of nitrogens with one attached hydrogen (secondary N) is 2. The Balaban J connectivity index is 2.01. The molecule has 1 fully saturated rings. The molecular weight excluding hydrogens is 260 g/mol. The lowest BCUT2D eigenvalue weighted by Crippen LogP contribution is -2.41. The highest BCUT2D eigenvalue weighted by atomic mass is 32.2. The largest absolute Gasteiger partial charge is 0.316 e. The Morgan fingerprint density at radius 1 is 1.42 bits per heavy atom. The van der Waals surface area contributed by atoms with Gasteiger partial charge in [0.25, 0.3) is 0 Å². The van der Waals surface area contributed by atoms with Crippen molar-refractivity contribution < 1.29 is 8.42 Å². The van der Waals surface area contributed by atoms with Crippen LogP contribution in [0.1, 0.15) is 18.9 Å². The number of hydrogen-bond acceptors (Lipinski definition) is 3. The lowest BCUT2D eigenvalue weighted by atomic mass is 9.88. The van der Waals surface area contributed by atoms with Gasteiger partial charge in [-0.1, -0.05) is 19.1 Å². The molecule has 0 aromatic heterocycles. The van der Waals surface area contributed by atoms with Crippen LogP contribution in [0.25, 0.3) is 0 Å². The Bertz CT molecular complexity index is 528. The molecule has 0 saturated carbocycles. The summed E-state index contributed by atoms with van der Waals surface area (Å²) in [6.45, 7) is 6.53. The van der Waals surface area contributed by atoms with Crippen LogP contribution in [-0.2, 0) is 10.0 Å². The molecule has 1 aliphatic heterocycles. The summed E-state index contributed by atoms with van der Waals surface area (Å²) in [5, 5.41) is 3.32.